The number of aliphatic imine (C=N–C) groups is 1. The number of phenols is 1. The van der Waals surface area contributed by atoms with Gasteiger partial charge in [0.1, 0.15) is 11.5 Å². The van der Waals surface area contributed by atoms with E-state index in [4.69, 9.17) is 23.2 Å². The summed E-state index contributed by atoms with van der Waals surface area (Å²) in [5.41, 5.74) is 3.34. The Bertz CT molecular complexity index is 797. The van der Waals surface area contributed by atoms with Crippen LogP contribution in [-0.2, 0) is 0 Å². The van der Waals surface area contributed by atoms with Crippen molar-refractivity contribution in [2.75, 3.05) is 0 Å². The minimum Gasteiger partial charge on any atom is -0.505 e. The lowest BCUT2D eigenvalue weighted by molar-refractivity contribution is 0.476. The van der Waals surface area contributed by atoms with E-state index in [9.17, 15) is 5.11 Å². The topological polar surface area (TPSA) is 63.3 Å². The summed E-state index contributed by atoms with van der Waals surface area (Å²) in [4.78, 5) is 4.56. The molecule has 1 N–H and O–H groups in total. The molecule has 0 saturated carbocycles. The van der Waals surface area contributed by atoms with Crippen molar-refractivity contribution < 1.29 is 5.11 Å². The smallest absolute Gasteiger partial charge is 0.187 e. The van der Waals surface area contributed by atoms with Gasteiger partial charge in [-0.15, -0.1) is 10.2 Å². The van der Waals surface area contributed by atoms with Gasteiger partial charge in [0.15, 0.2) is 11.6 Å². The average molecular weight is 323 g/mol. The molecule has 0 bridgehead atoms. The van der Waals surface area contributed by atoms with E-state index in [1.165, 1.54) is 0 Å². The summed E-state index contributed by atoms with van der Waals surface area (Å²) in [5.74, 6) is 1.37. The summed E-state index contributed by atoms with van der Waals surface area (Å²) in [6.45, 7) is 5.87. The van der Waals surface area contributed by atoms with E-state index < -0.39 is 0 Å². The largest absolute Gasteiger partial charge is 0.505 e. The highest BCUT2D eigenvalue weighted by Crippen LogP contribution is 2.37. The molecule has 0 aliphatic carbocycles. The number of aromatic nitrogens is 3. The highest BCUT2D eigenvalue weighted by atomic mass is 35.5. The molecule has 0 atom stereocenters. The van der Waals surface area contributed by atoms with E-state index in [2.05, 4.69) is 15.2 Å². The Balaban J connectivity index is 2.17. The Morgan fingerprint density at radius 3 is 2.33 bits per heavy atom. The number of allylic oxidation sites excluding steroid dienone is 2. The molecular weight excluding hydrogens is 311 g/mol. The fourth-order valence-corrected chi connectivity index (χ4v) is 2.78. The number of aryl methyl sites for hydroxylation is 1. The van der Waals surface area contributed by atoms with Gasteiger partial charge >= 0.3 is 0 Å². The summed E-state index contributed by atoms with van der Waals surface area (Å²) in [5, 5.41) is 18.2. The average Bonchev–Trinajstić information content (AvgIpc) is 2.91. The molecule has 0 radical (unpaired) electrons. The van der Waals surface area contributed by atoms with Gasteiger partial charge in [-0.1, -0.05) is 23.2 Å². The number of rotatable bonds is 1. The SMILES string of the molecule is CC1=C(C)n2c(C)nnc2C1=Nc1cc(Cl)c(O)c(Cl)c1. The Labute approximate surface area is 131 Å². The predicted molar refractivity (Wildman–Crippen MR) is 83.6 cm³/mol. The van der Waals surface area contributed by atoms with Crippen molar-refractivity contribution in [3.63, 3.8) is 0 Å². The van der Waals surface area contributed by atoms with Crippen LogP contribution >= 0.6 is 23.2 Å². The molecule has 5 nitrogen and oxygen atoms in total. The first kappa shape index (κ1) is 14.1. The first-order chi connectivity index (χ1) is 9.90. The van der Waals surface area contributed by atoms with Crippen molar-refractivity contribution in [2.24, 2.45) is 4.99 Å². The van der Waals surface area contributed by atoms with E-state index in [0.29, 0.717) is 11.5 Å². The molecule has 1 aliphatic heterocycles. The van der Waals surface area contributed by atoms with Gasteiger partial charge in [0.25, 0.3) is 0 Å². The maximum Gasteiger partial charge on any atom is 0.187 e. The predicted octanol–water partition coefficient (Wildman–Crippen LogP) is 3.98. The minimum absolute atomic E-state index is 0.142. The summed E-state index contributed by atoms with van der Waals surface area (Å²) in [6, 6.07) is 3.12. The van der Waals surface area contributed by atoms with Gasteiger partial charge in [-0.2, -0.15) is 0 Å². The zero-order chi connectivity index (χ0) is 15.3. The van der Waals surface area contributed by atoms with Crippen molar-refractivity contribution in [2.45, 2.75) is 20.8 Å². The fourth-order valence-electron chi connectivity index (χ4n) is 2.30. The van der Waals surface area contributed by atoms with Crippen molar-refractivity contribution >= 4 is 40.3 Å². The molecule has 3 rings (SSSR count). The number of benzene rings is 1. The molecule has 21 heavy (non-hydrogen) atoms. The number of hydrogen-bond donors (Lipinski definition) is 1. The highest BCUT2D eigenvalue weighted by Gasteiger charge is 2.26. The van der Waals surface area contributed by atoms with Gasteiger partial charge in [-0.05, 0) is 38.5 Å². The van der Waals surface area contributed by atoms with Gasteiger partial charge in [0, 0.05) is 5.70 Å². The van der Waals surface area contributed by atoms with Gasteiger partial charge in [0.05, 0.1) is 15.7 Å². The molecule has 108 valence electrons. The molecular formula is C14H12Cl2N4O. The Kier molecular flexibility index (Phi) is 3.26. The van der Waals surface area contributed by atoms with Crippen LogP contribution in [0.3, 0.4) is 0 Å². The Morgan fingerprint density at radius 2 is 1.71 bits per heavy atom. The third kappa shape index (κ3) is 2.13. The Hall–Kier alpha value is -1.85. The van der Waals surface area contributed by atoms with Gasteiger partial charge in [-0.3, -0.25) is 4.57 Å². The van der Waals surface area contributed by atoms with Gasteiger partial charge < -0.3 is 5.11 Å². The molecule has 1 aromatic carbocycles. The standard InChI is InChI=1S/C14H12Cl2N4O/c1-6-7(2)20-8(3)18-19-14(20)12(6)17-9-4-10(15)13(21)11(16)5-9/h4-5,21H,1-3H3. The van der Waals surface area contributed by atoms with Crippen LogP contribution in [-0.4, -0.2) is 25.6 Å². The second kappa shape index (κ2) is 4.86. The van der Waals surface area contributed by atoms with Crippen LogP contribution in [0.2, 0.25) is 10.0 Å². The van der Waals surface area contributed by atoms with Crippen LogP contribution in [0, 0.1) is 6.92 Å². The fraction of sp³-hybridized carbons (Fsp3) is 0.214. The minimum atomic E-state index is -0.142. The molecule has 2 heterocycles. The van der Waals surface area contributed by atoms with Crippen LogP contribution in [0.5, 0.6) is 5.75 Å². The molecule has 0 unspecified atom stereocenters. The molecule has 0 spiro atoms. The number of hydrogen-bond acceptors (Lipinski definition) is 4. The third-order valence-corrected chi connectivity index (χ3v) is 4.09. The van der Waals surface area contributed by atoms with Crippen molar-refractivity contribution in [1.29, 1.82) is 0 Å². The third-order valence-electron chi connectivity index (χ3n) is 3.51. The number of aromatic hydroxyl groups is 1. The molecule has 1 aliphatic rings. The molecule has 2 aromatic rings. The summed E-state index contributed by atoms with van der Waals surface area (Å²) >= 11 is 11.9. The molecule has 7 heteroatoms. The zero-order valence-electron chi connectivity index (χ0n) is 11.6. The van der Waals surface area contributed by atoms with E-state index >= 15 is 0 Å². The van der Waals surface area contributed by atoms with Crippen LogP contribution in [0.1, 0.15) is 25.5 Å². The Morgan fingerprint density at radius 1 is 1.10 bits per heavy atom. The van der Waals surface area contributed by atoms with Crippen molar-refractivity contribution in [1.82, 2.24) is 14.8 Å². The maximum absolute atomic E-state index is 9.60. The lowest BCUT2D eigenvalue weighted by atomic mass is 10.2. The molecule has 0 fully saturated rings. The zero-order valence-corrected chi connectivity index (χ0v) is 13.2. The number of halogens is 2. The lowest BCUT2D eigenvalue weighted by Crippen LogP contribution is -2.01. The summed E-state index contributed by atoms with van der Waals surface area (Å²) < 4.78 is 1.96. The van der Waals surface area contributed by atoms with Gasteiger partial charge in [0.2, 0.25) is 0 Å². The van der Waals surface area contributed by atoms with Crippen molar-refractivity contribution in [3.05, 3.63) is 39.4 Å². The van der Waals surface area contributed by atoms with E-state index in [0.717, 1.165) is 22.8 Å². The normalized spacial score (nSPS) is 16.0. The van der Waals surface area contributed by atoms with E-state index in [-0.39, 0.29) is 15.8 Å². The quantitative estimate of drug-likeness (QED) is 0.863. The molecule has 1 aromatic heterocycles. The van der Waals surface area contributed by atoms with Crippen LogP contribution in [0.25, 0.3) is 5.70 Å². The van der Waals surface area contributed by atoms with Crippen LogP contribution in [0.15, 0.2) is 22.7 Å². The second-order valence-electron chi connectivity index (χ2n) is 4.84. The second-order valence-corrected chi connectivity index (χ2v) is 5.65. The summed E-state index contributed by atoms with van der Waals surface area (Å²) in [6.07, 6.45) is 0. The van der Waals surface area contributed by atoms with Gasteiger partial charge in [-0.25, -0.2) is 4.99 Å². The first-order valence-electron chi connectivity index (χ1n) is 6.27. The number of nitrogens with zero attached hydrogens (tertiary/aromatic N) is 4. The molecule has 0 saturated heterocycles. The number of fused-ring (bicyclic) bond motifs is 1. The monoisotopic (exact) mass is 322 g/mol. The van der Waals surface area contributed by atoms with Crippen LogP contribution in [0.4, 0.5) is 5.69 Å². The highest BCUT2D eigenvalue weighted by molar-refractivity contribution is 6.37. The van der Waals surface area contributed by atoms with Crippen molar-refractivity contribution in [3.8, 4) is 5.75 Å². The van der Waals surface area contributed by atoms with E-state index in [1.54, 1.807) is 12.1 Å². The lowest BCUT2D eigenvalue weighted by Gasteiger charge is -2.03. The van der Waals surface area contributed by atoms with Crippen LogP contribution < -0.4 is 0 Å². The summed E-state index contributed by atoms with van der Waals surface area (Å²) in [7, 11) is 0. The maximum atomic E-state index is 9.60. The molecule has 0 amide bonds. The first-order valence-corrected chi connectivity index (χ1v) is 7.03. The number of phenolic OH excluding ortho intramolecular Hbond substituents is 1. The van der Waals surface area contributed by atoms with E-state index in [1.807, 2.05) is 25.3 Å².